The van der Waals surface area contributed by atoms with Crippen molar-refractivity contribution in [3.8, 4) is 6.07 Å². The van der Waals surface area contributed by atoms with Crippen LogP contribution in [0, 0.1) is 17.2 Å². The topological polar surface area (TPSA) is 44.0 Å². The van der Waals surface area contributed by atoms with E-state index in [0.717, 1.165) is 0 Å². The lowest BCUT2D eigenvalue weighted by Crippen LogP contribution is -1.93. The standard InChI is InChI=1S/C4H7NO/c1-4(2-5)3-6/h4,6H,3H2,1H3. The maximum Gasteiger partial charge on any atom is 0.0677 e. The minimum Gasteiger partial charge on any atom is -0.395 e. The quantitative estimate of drug-likeness (QED) is 0.492. The highest BCUT2D eigenvalue weighted by atomic mass is 16.3. The fourth-order valence-electron chi connectivity index (χ4n) is 0.0408. The fraction of sp³-hybridized carbons (Fsp3) is 0.750. The number of rotatable bonds is 1. The van der Waals surface area contributed by atoms with E-state index in [4.69, 9.17) is 10.4 Å². The highest BCUT2D eigenvalue weighted by Gasteiger charge is 1.90. The third-order valence-electron chi connectivity index (χ3n) is 0.494. The second kappa shape index (κ2) is 2.67. The Kier molecular flexibility index (Phi) is 2.43. The van der Waals surface area contributed by atoms with Gasteiger partial charge in [0.2, 0.25) is 0 Å². The second-order valence-electron chi connectivity index (χ2n) is 1.21. The molecule has 2 heteroatoms. The molecule has 1 atom stereocenters. The van der Waals surface area contributed by atoms with Gasteiger partial charge in [0.25, 0.3) is 0 Å². The molecule has 0 rings (SSSR count). The van der Waals surface area contributed by atoms with Gasteiger partial charge < -0.3 is 5.11 Å². The molecule has 1 N–H and O–H groups in total. The summed E-state index contributed by atoms with van der Waals surface area (Å²) in [6.07, 6.45) is 0. The highest BCUT2D eigenvalue weighted by Crippen LogP contribution is 1.84. The lowest BCUT2D eigenvalue weighted by atomic mass is 10.2. The summed E-state index contributed by atoms with van der Waals surface area (Å²) in [5.74, 6) is -0.204. The van der Waals surface area contributed by atoms with Crippen molar-refractivity contribution in [3.05, 3.63) is 0 Å². The summed E-state index contributed by atoms with van der Waals surface area (Å²) >= 11 is 0. The predicted molar refractivity (Wildman–Crippen MR) is 21.9 cm³/mol. The Balaban J connectivity index is 3.04. The first-order chi connectivity index (χ1) is 2.81. The van der Waals surface area contributed by atoms with Crippen LogP contribution in [-0.4, -0.2) is 11.7 Å². The number of nitrogens with zero attached hydrogens (tertiary/aromatic N) is 1. The van der Waals surface area contributed by atoms with Gasteiger partial charge in [0, 0.05) is 0 Å². The van der Waals surface area contributed by atoms with Gasteiger partial charge in [-0.3, -0.25) is 0 Å². The monoisotopic (exact) mass is 85.1 g/mol. The van der Waals surface area contributed by atoms with Crippen LogP contribution in [0.1, 0.15) is 6.92 Å². The average molecular weight is 85.1 g/mol. The summed E-state index contributed by atoms with van der Waals surface area (Å²) in [5.41, 5.74) is 0. The Morgan fingerprint density at radius 3 is 2.50 bits per heavy atom. The van der Waals surface area contributed by atoms with Crippen molar-refractivity contribution in [1.82, 2.24) is 0 Å². The molecular weight excluding hydrogens is 78.0 g/mol. The molecule has 2 nitrogen and oxygen atoms in total. The SMILES string of the molecule is CC(C#N)CO. The Morgan fingerprint density at radius 2 is 2.50 bits per heavy atom. The molecule has 1 unspecified atom stereocenters. The molecule has 0 aromatic heterocycles. The molecule has 0 amide bonds. The molecule has 0 aromatic rings. The molecule has 0 aliphatic carbocycles. The number of aliphatic hydroxyl groups is 1. The van der Waals surface area contributed by atoms with Crippen LogP contribution in [-0.2, 0) is 0 Å². The molecule has 0 heterocycles. The lowest BCUT2D eigenvalue weighted by Gasteiger charge is -1.86. The van der Waals surface area contributed by atoms with Crippen LogP contribution in [0.15, 0.2) is 0 Å². The van der Waals surface area contributed by atoms with Gasteiger partial charge in [-0.05, 0) is 6.92 Å². The summed E-state index contributed by atoms with van der Waals surface area (Å²) in [4.78, 5) is 0. The van der Waals surface area contributed by atoms with Crippen LogP contribution in [0.5, 0.6) is 0 Å². The predicted octanol–water partition coefficient (Wildman–Crippen LogP) is 0.138. The van der Waals surface area contributed by atoms with Gasteiger partial charge in [-0.15, -0.1) is 0 Å². The van der Waals surface area contributed by atoms with Gasteiger partial charge in [-0.2, -0.15) is 5.26 Å². The number of aliphatic hydroxyl groups excluding tert-OH is 1. The summed E-state index contributed by atoms with van der Waals surface area (Å²) < 4.78 is 0. The van der Waals surface area contributed by atoms with Gasteiger partial charge in [0.15, 0.2) is 0 Å². The van der Waals surface area contributed by atoms with E-state index in [9.17, 15) is 0 Å². The molecule has 0 radical (unpaired) electrons. The number of hydrogen-bond acceptors (Lipinski definition) is 2. The van der Waals surface area contributed by atoms with Crippen LogP contribution < -0.4 is 0 Å². The Labute approximate surface area is 37.0 Å². The van der Waals surface area contributed by atoms with E-state index in [1.165, 1.54) is 0 Å². The molecule has 0 aliphatic rings. The van der Waals surface area contributed by atoms with Crippen molar-refractivity contribution in [2.45, 2.75) is 6.92 Å². The van der Waals surface area contributed by atoms with E-state index >= 15 is 0 Å². The van der Waals surface area contributed by atoms with E-state index in [0.29, 0.717) is 0 Å². The smallest absolute Gasteiger partial charge is 0.0677 e. The van der Waals surface area contributed by atoms with Crippen molar-refractivity contribution >= 4 is 0 Å². The summed E-state index contributed by atoms with van der Waals surface area (Å²) in [6.45, 7) is 1.64. The van der Waals surface area contributed by atoms with Gasteiger partial charge in [-0.1, -0.05) is 0 Å². The third-order valence-corrected chi connectivity index (χ3v) is 0.494. The fourth-order valence-corrected chi connectivity index (χ4v) is 0.0408. The normalized spacial score (nSPS) is 12.8. The minimum atomic E-state index is -0.204. The van der Waals surface area contributed by atoms with Crippen LogP contribution in [0.2, 0.25) is 0 Å². The first-order valence-corrected chi connectivity index (χ1v) is 1.81. The molecular formula is C4H7NO. The van der Waals surface area contributed by atoms with E-state index in [1.54, 1.807) is 6.92 Å². The lowest BCUT2D eigenvalue weighted by molar-refractivity contribution is 0.265. The molecule has 0 aliphatic heterocycles. The molecule has 0 saturated heterocycles. The van der Waals surface area contributed by atoms with Gasteiger partial charge in [-0.25, -0.2) is 0 Å². The Hall–Kier alpha value is -0.550. The molecule has 34 valence electrons. The van der Waals surface area contributed by atoms with Gasteiger partial charge in [0.05, 0.1) is 18.6 Å². The highest BCUT2D eigenvalue weighted by molar-refractivity contribution is 4.76. The first-order valence-electron chi connectivity index (χ1n) is 1.81. The minimum absolute atomic E-state index is 0.0312. The van der Waals surface area contributed by atoms with E-state index in [2.05, 4.69) is 0 Å². The molecule has 0 bridgehead atoms. The number of nitriles is 1. The molecule has 0 spiro atoms. The van der Waals surface area contributed by atoms with Crippen molar-refractivity contribution in [2.75, 3.05) is 6.61 Å². The van der Waals surface area contributed by atoms with Crippen molar-refractivity contribution in [2.24, 2.45) is 5.92 Å². The van der Waals surface area contributed by atoms with Gasteiger partial charge in [0.1, 0.15) is 0 Å². The molecule has 0 fully saturated rings. The Morgan fingerprint density at radius 1 is 2.00 bits per heavy atom. The van der Waals surface area contributed by atoms with E-state index in [1.807, 2.05) is 6.07 Å². The van der Waals surface area contributed by atoms with E-state index in [-0.39, 0.29) is 12.5 Å². The molecule has 0 saturated carbocycles. The maximum atomic E-state index is 8.11. The average Bonchev–Trinajstić information content (AvgIpc) is 1.65. The first kappa shape index (κ1) is 5.45. The van der Waals surface area contributed by atoms with Crippen molar-refractivity contribution in [3.63, 3.8) is 0 Å². The molecule has 6 heavy (non-hydrogen) atoms. The largest absolute Gasteiger partial charge is 0.395 e. The van der Waals surface area contributed by atoms with Crippen LogP contribution >= 0.6 is 0 Å². The van der Waals surface area contributed by atoms with Crippen LogP contribution in [0.4, 0.5) is 0 Å². The summed E-state index contributed by atoms with van der Waals surface area (Å²) in [5, 5.41) is 16.0. The summed E-state index contributed by atoms with van der Waals surface area (Å²) in [6, 6.07) is 1.86. The van der Waals surface area contributed by atoms with Crippen molar-refractivity contribution < 1.29 is 5.11 Å². The third kappa shape index (κ3) is 1.74. The van der Waals surface area contributed by atoms with Crippen LogP contribution in [0.3, 0.4) is 0 Å². The summed E-state index contributed by atoms with van der Waals surface area (Å²) in [7, 11) is 0. The second-order valence-corrected chi connectivity index (χ2v) is 1.21. The zero-order valence-electron chi connectivity index (χ0n) is 3.68. The Bertz CT molecular complexity index is 64.4. The van der Waals surface area contributed by atoms with Crippen LogP contribution in [0.25, 0.3) is 0 Å². The van der Waals surface area contributed by atoms with Gasteiger partial charge >= 0.3 is 0 Å². The maximum absolute atomic E-state index is 8.11. The zero-order chi connectivity index (χ0) is 4.99. The van der Waals surface area contributed by atoms with Crippen molar-refractivity contribution in [1.29, 1.82) is 5.26 Å². The molecule has 0 aromatic carbocycles. The zero-order valence-corrected chi connectivity index (χ0v) is 3.68. The number of hydrogen-bond donors (Lipinski definition) is 1. The van der Waals surface area contributed by atoms with E-state index < -0.39 is 0 Å².